The van der Waals surface area contributed by atoms with E-state index in [9.17, 15) is 5.11 Å². The monoisotopic (exact) mass is 284 g/mol. The van der Waals surface area contributed by atoms with Gasteiger partial charge in [0.1, 0.15) is 0 Å². The minimum atomic E-state index is -0.521. The lowest BCUT2D eigenvalue weighted by atomic mass is 10.1. The van der Waals surface area contributed by atoms with Crippen molar-refractivity contribution in [2.75, 3.05) is 6.54 Å². The van der Waals surface area contributed by atoms with Gasteiger partial charge in [0.2, 0.25) is 0 Å². The maximum atomic E-state index is 10.4. The summed E-state index contributed by atoms with van der Waals surface area (Å²) in [6.45, 7) is 3.35. The summed E-state index contributed by atoms with van der Waals surface area (Å²) >= 11 is 0. The second kappa shape index (κ2) is 7.93. The molecule has 0 radical (unpaired) electrons. The number of aliphatic hydroxyl groups is 1. The molecule has 0 fully saturated rings. The van der Waals surface area contributed by atoms with E-state index in [1.807, 2.05) is 48.5 Å². The van der Waals surface area contributed by atoms with E-state index in [4.69, 9.17) is 5.73 Å². The number of nitrogens with zero attached hydrogens (tertiary/aromatic N) is 1. The average Bonchev–Trinajstić information content (AvgIpc) is 2.55. The van der Waals surface area contributed by atoms with E-state index in [1.165, 1.54) is 5.56 Å². The molecule has 0 aliphatic rings. The molecule has 2 aromatic rings. The highest BCUT2D eigenvalue weighted by Gasteiger charge is 2.18. The molecule has 0 heterocycles. The van der Waals surface area contributed by atoms with Gasteiger partial charge in [-0.1, -0.05) is 67.6 Å². The Morgan fingerprint density at radius 2 is 1.57 bits per heavy atom. The lowest BCUT2D eigenvalue weighted by molar-refractivity contribution is 0.0812. The molecule has 3 nitrogen and oxygen atoms in total. The van der Waals surface area contributed by atoms with Crippen LogP contribution in [0.4, 0.5) is 0 Å². The predicted molar refractivity (Wildman–Crippen MR) is 86.5 cm³/mol. The molecule has 2 aromatic carbocycles. The second-order valence-electron chi connectivity index (χ2n) is 5.32. The highest BCUT2D eigenvalue weighted by Crippen LogP contribution is 2.17. The fraction of sp³-hybridized carbons (Fsp3) is 0.333. The van der Waals surface area contributed by atoms with Crippen molar-refractivity contribution in [1.82, 2.24) is 4.90 Å². The van der Waals surface area contributed by atoms with E-state index in [0.717, 1.165) is 18.5 Å². The van der Waals surface area contributed by atoms with Crippen LogP contribution in [-0.4, -0.2) is 22.7 Å². The first kappa shape index (κ1) is 15.7. The third kappa shape index (κ3) is 4.67. The van der Waals surface area contributed by atoms with Crippen LogP contribution in [0, 0.1) is 0 Å². The van der Waals surface area contributed by atoms with Crippen LogP contribution in [0.5, 0.6) is 0 Å². The molecule has 112 valence electrons. The molecular weight excluding hydrogens is 260 g/mol. The number of benzene rings is 2. The first-order valence-corrected chi connectivity index (χ1v) is 7.47. The zero-order valence-electron chi connectivity index (χ0n) is 12.5. The van der Waals surface area contributed by atoms with Crippen LogP contribution in [0.2, 0.25) is 0 Å². The Morgan fingerprint density at radius 3 is 2.14 bits per heavy atom. The molecule has 2 rings (SSSR count). The van der Waals surface area contributed by atoms with Crippen molar-refractivity contribution >= 4 is 0 Å². The lowest BCUT2D eigenvalue weighted by Gasteiger charge is -2.30. The molecule has 0 saturated heterocycles. The number of hydrogen-bond donors (Lipinski definition) is 2. The van der Waals surface area contributed by atoms with Gasteiger partial charge in [-0.25, -0.2) is 0 Å². The topological polar surface area (TPSA) is 49.5 Å². The lowest BCUT2D eigenvalue weighted by Crippen LogP contribution is -2.43. The summed E-state index contributed by atoms with van der Waals surface area (Å²) in [7, 11) is 0. The Kier molecular flexibility index (Phi) is 5.93. The quantitative estimate of drug-likeness (QED) is 0.769. The molecule has 0 aliphatic heterocycles. The Labute approximate surface area is 127 Å². The minimum absolute atomic E-state index is 0.0523. The van der Waals surface area contributed by atoms with E-state index < -0.39 is 6.10 Å². The number of aliphatic hydroxyl groups excluding tert-OH is 1. The summed E-state index contributed by atoms with van der Waals surface area (Å²) in [5, 5.41) is 10.4. The number of nitrogens with two attached hydrogens (primary N) is 1. The van der Waals surface area contributed by atoms with Crippen LogP contribution < -0.4 is 5.73 Å². The van der Waals surface area contributed by atoms with Crippen LogP contribution in [-0.2, 0) is 6.54 Å². The third-order valence-corrected chi connectivity index (χ3v) is 3.71. The fourth-order valence-corrected chi connectivity index (χ4v) is 2.40. The highest BCUT2D eigenvalue weighted by atomic mass is 16.3. The van der Waals surface area contributed by atoms with Gasteiger partial charge in [0.05, 0.1) is 12.3 Å². The average molecular weight is 284 g/mol. The molecule has 0 bridgehead atoms. The molecule has 0 amide bonds. The molecule has 0 aromatic heterocycles. The van der Waals surface area contributed by atoms with Gasteiger partial charge >= 0.3 is 0 Å². The van der Waals surface area contributed by atoms with Gasteiger partial charge in [-0.05, 0) is 17.5 Å². The standard InChI is InChI=1S/C18H24N2O/c1-2-18(19)20(13-15-9-5-3-6-10-15)14-17(21)16-11-7-4-8-12-16/h3-12,17-18,21H,2,13-14,19H2,1H3. The Balaban J connectivity index is 2.06. The maximum absolute atomic E-state index is 10.4. The Morgan fingerprint density at radius 1 is 1.00 bits per heavy atom. The zero-order chi connectivity index (χ0) is 15.1. The van der Waals surface area contributed by atoms with E-state index in [0.29, 0.717) is 6.54 Å². The van der Waals surface area contributed by atoms with Crippen LogP contribution in [0.3, 0.4) is 0 Å². The van der Waals surface area contributed by atoms with Gasteiger partial charge in [-0.2, -0.15) is 0 Å². The van der Waals surface area contributed by atoms with Crippen molar-refractivity contribution in [3.8, 4) is 0 Å². The number of rotatable bonds is 7. The van der Waals surface area contributed by atoms with Gasteiger partial charge < -0.3 is 10.8 Å². The maximum Gasteiger partial charge on any atom is 0.0917 e. The molecule has 21 heavy (non-hydrogen) atoms. The Hall–Kier alpha value is -1.68. The van der Waals surface area contributed by atoms with E-state index in [2.05, 4.69) is 24.0 Å². The van der Waals surface area contributed by atoms with Crippen LogP contribution in [0.25, 0.3) is 0 Å². The molecule has 0 saturated carbocycles. The predicted octanol–water partition coefficient (Wildman–Crippen LogP) is 2.92. The molecule has 3 N–H and O–H groups in total. The van der Waals surface area contributed by atoms with Crippen LogP contribution in [0.15, 0.2) is 60.7 Å². The van der Waals surface area contributed by atoms with Crippen molar-refractivity contribution in [1.29, 1.82) is 0 Å². The van der Waals surface area contributed by atoms with E-state index in [1.54, 1.807) is 0 Å². The highest BCUT2D eigenvalue weighted by molar-refractivity contribution is 5.18. The van der Waals surface area contributed by atoms with Crippen molar-refractivity contribution < 1.29 is 5.11 Å². The summed E-state index contributed by atoms with van der Waals surface area (Å²) in [6.07, 6.45) is 0.282. The number of hydrogen-bond acceptors (Lipinski definition) is 3. The largest absolute Gasteiger partial charge is 0.387 e. The molecule has 0 spiro atoms. The van der Waals surface area contributed by atoms with E-state index >= 15 is 0 Å². The molecular formula is C18H24N2O. The summed E-state index contributed by atoms with van der Waals surface area (Å²) in [4.78, 5) is 2.13. The third-order valence-electron chi connectivity index (χ3n) is 3.71. The van der Waals surface area contributed by atoms with Crippen molar-refractivity contribution in [2.24, 2.45) is 5.73 Å². The normalized spacial score (nSPS) is 14.1. The zero-order valence-corrected chi connectivity index (χ0v) is 12.5. The molecule has 2 atom stereocenters. The Bertz CT molecular complexity index is 515. The summed E-state index contributed by atoms with van der Waals surface area (Å²) < 4.78 is 0. The van der Waals surface area contributed by atoms with Crippen molar-refractivity contribution in [3.05, 3.63) is 71.8 Å². The molecule has 0 aliphatic carbocycles. The van der Waals surface area contributed by atoms with E-state index in [-0.39, 0.29) is 6.17 Å². The summed E-state index contributed by atoms with van der Waals surface area (Å²) in [5.74, 6) is 0. The van der Waals surface area contributed by atoms with Gasteiger partial charge in [-0.3, -0.25) is 4.90 Å². The first-order valence-electron chi connectivity index (χ1n) is 7.47. The smallest absolute Gasteiger partial charge is 0.0917 e. The van der Waals surface area contributed by atoms with Gasteiger partial charge in [-0.15, -0.1) is 0 Å². The van der Waals surface area contributed by atoms with Crippen LogP contribution in [0.1, 0.15) is 30.6 Å². The van der Waals surface area contributed by atoms with Crippen molar-refractivity contribution in [2.45, 2.75) is 32.2 Å². The first-order chi connectivity index (χ1) is 10.2. The minimum Gasteiger partial charge on any atom is -0.387 e. The molecule has 2 unspecified atom stereocenters. The second-order valence-corrected chi connectivity index (χ2v) is 5.32. The van der Waals surface area contributed by atoms with Gasteiger partial charge in [0.25, 0.3) is 0 Å². The van der Waals surface area contributed by atoms with Crippen molar-refractivity contribution in [3.63, 3.8) is 0 Å². The fourth-order valence-electron chi connectivity index (χ4n) is 2.40. The SMILES string of the molecule is CCC(N)N(Cc1ccccc1)CC(O)c1ccccc1. The summed E-state index contributed by atoms with van der Waals surface area (Å²) in [6, 6.07) is 20.0. The van der Waals surface area contributed by atoms with Gasteiger partial charge in [0, 0.05) is 13.1 Å². The summed E-state index contributed by atoms with van der Waals surface area (Å²) in [5.41, 5.74) is 8.35. The van der Waals surface area contributed by atoms with Crippen LogP contribution >= 0.6 is 0 Å². The molecule has 3 heteroatoms. The van der Waals surface area contributed by atoms with Gasteiger partial charge in [0.15, 0.2) is 0 Å².